The van der Waals surface area contributed by atoms with Gasteiger partial charge < -0.3 is 15.8 Å². The number of amides is 1. The fourth-order valence-corrected chi connectivity index (χ4v) is 2.60. The third-order valence-corrected chi connectivity index (χ3v) is 3.98. The van der Waals surface area contributed by atoms with Gasteiger partial charge in [-0.2, -0.15) is 9.78 Å². The Bertz CT molecular complexity index is 700. The Morgan fingerprint density at radius 3 is 2.79 bits per heavy atom. The average molecular weight is 330 g/mol. The highest BCUT2D eigenvalue weighted by atomic mass is 16.5. The first-order valence-corrected chi connectivity index (χ1v) is 8.12. The van der Waals surface area contributed by atoms with E-state index in [0.717, 1.165) is 12.1 Å². The third kappa shape index (κ3) is 3.44. The van der Waals surface area contributed by atoms with Crippen LogP contribution in [0.5, 0.6) is 0 Å². The zero-order valence-corrected chi connectivity index (χ0v) is 13.8. The maximum absolute atomic E-state index is 12.5. The van der Waals surface area contributed by atoms with Gasteiger partial charge in [0, 0.05) is 25.0 Å². The van der Waals surface area contributed by atoms with Gasteiger partial charge in [-0.1, -0.05) is 13.8 Å². The second-order valence-electron chi connectivity index (χ2n) is 6.12. The summed E-state index contributed by atoms with van der Waals surface area (Å²) in [6, 6.07) is 3.57. The Labute approximate surface area is 140 Å². The Balaban J connectivity index is 1.83. The number of rotatable bonds is 5. The quantitative estimate of drug-likeness (QED) is 0.853. The average Bonchev–Trinajstić information content (AvgIpc) is 3.22. The molecule has 1 aliphatic heterocycles. The molecule has 3 heterocycles. The minimum Gasteiger partial charge on any atom is -0.364 e. The van der Waals surface area contributed by atoms with Crippen molar-refractivity contribution in [3.05, 3.63) is 30.2 Å². The maximum Gasteiger partial charge on any atom is 0.254 e. The summed E-state index contributed by atoms with van der Waals surface area (Å²) in [5.41, 5.74) is 6.45. The maximum atomic E-state index is 12.5. The number of nitrogens with two attached hydrogens (primary N) is 1. The summed E-state index contributed by atoms with van der Waals surface area (Å²) in [4.78, 5) is 20.9. The van der Waals surface area contributed by atoms with Crippen molar-refractivity contribution < 1.29 is 9.53 Å². The molecule has 2 aromatic heterocycles. The largest absolute Gasteiger partial charge is 0.364 e. The van der Waals surface area contributed by atoms with E-state index in [1.165, 1.54) is 0 Å². The summed E-state index contributed by atoms with van der Waals surface area (Å²) in [6.45, 7) is 4.50. The molecular weight excluding hydrogens is 308 g/mol. The van der Waals surface area contributed by atoms with Crippen molar-refractivity contribution in [3.8, 4) is 5.95 Å². The molecule has 0 aromatic carbocycles. The second kappa shape index (κ2) is 7.06. The lowest BCUT2D eigenvalue weighted by Crippen LogP contribution is -2.30. The number of hydrogen-bond acceptors (Lipinski definition) is 6. The monoisotopic (exact) mass is 330 g/mol. The van der Waals surface area contributed by atoms with Crippen LogP contribution in [-0.4, -0.2) is 44.4 Å². The van der Waals surface area contributed by atoms with E-state index in [0.29, 0.717) is 24.7 Å². The number of nitrogens with one attached hydrogen (secondary N) is 1. The van der Waals surface area contributed by atoms with Crippen LogP contribution in [0.3, 0.4) is 0 Å². The van der Waals surface area contributed by atoms with Gasteiger partial charge in [-0.25, -0.2) is 9.97 Å². The van der Waals surface area contributed by atoms with Gasteiger partial charge in [-0.05, 0) is 24.8 Å². The van der Waals surface area contributed by atoms with E-state index in [2.05, 4.69) is 20.4 Å². The summed E-state index contributed by atoms with van der Waals surface area (Å²) < 4.78 is 7.19. The molecule has 3 N–H and O–H groups in total. The molecule has 2 aromatic rings. The van der Waals surface area contributed by atoms with Crippen LogP contribution in [0, 0.1) is 0 Å². The number of aromatic nitrogens is 4. The van der Waals surface area contributed by atoms with Crippen molar-refractivity contribution in [1.82, 2.24) is 19.7 Å². The number of anilines is 1. The molecule has 0 saturated carbocycles. The molecule has 0 unspecified atom stereocenters. The topological polar surface area (TPSA) is 108 Å². The van der Waals surface area contributed by atoms with Crippen molar-refractivity contribution >= 4 is 11.7 Å². The standard InChI is InChI=1S/C16H22N6O2/c1-10(2)12-8-14(22(21-12)16-18-6-3-7-19-16)20-15(23)13-5-4-11(9-17)24-13/h3,6-8,10-11,13H,4-5,9,17H2,1-2H3,(H,20,23)/t11-,13+/m1/s1. The minimum atomic E-state index is -0.485. The van der Waals surface area contributed by atoms with Crippen molar-refractivity contribution in [2.45, 2.75) is 44.8 Å². The summed E-state index contributed by atoms with van der Waals surface area (Å²) >= 11 is 0. The van der Waals surface area contributed by atoms with Crippen LogP contribution in [-0.2, 0) is 9.53 Å². The SMILES string of the molecule is CC(C)c1cc(NC(=O)[C@@H]2CC[C@H](CN)O2)n(-c2ncccn2)n1. The first kappa shape index (κ1) is 16.5. The number of ether oxygens (including phenoxy) is 1. The predicted octanol–water partition coefficient (Wildman–Crippen LogP) is 1.23. The summed E-state index contributed by atoms with van der Waals surface area (Å²) in [5.74, 6) is 0.967. The van der Waals surface area contributed by atoms with Gasteiger partial charge in [-0.3, -0.25) is 4.79 Å². The molecule has 1 saturated heterocycles. The Morgan fingerprint density at radius 1 is 1.42 bits per heavy atom. The summed E-state index contributed by atoms with van der Waals surface area (Å²) in [7, 11) is 0. The number of nitrogens with zero attached hydrogens (tertiary/aromatic N) is 4. The van der Waals surface area contributed by atoms with Gasteiger partial charge in [0.1, 0.15) is 11.9 Å². The van der Waals surface area contributed by atoms with E-state index in [1.807, 2.05) is 19.9 Å². The number of carbonyl (C=O) groups excluding carboxylic acids is 1. The van der Waals surface area contributed by atoms with Gasteiger partial charge in [0.25, 0.3) is 11.9 Å². The molecule has 128 valence electrons. The molecule has 1 amide bonds. The van der Waals surface area contributed by atoms with Crippen LogP contribution in [0.15, 0.2) is 24.5 Å². The molecule has 1 fully saturated rings. The van der Waals surface area contributed by atoms with Gasteiger partial charge in [0.2, 0.25) is 0 Å². The van der Waals surface area contributed by atoms with E-state index >= 15 is 0 Å². The normalized spacial score (nSPS) is 20.5. The molecule has 2 atom stereocenters. The highest BCUT2D eigenvalue weighted by Gasteiger charge is 2.30. The minimum absolute atomic E-state index is 0.0469. The molecule has 24 heavy (non-hydrogen) atoms. The van der Waals surface area contributed by atoms with E-state index in [1.54, 1.807) is 23.1 Å². The summed E-state index contributed by atoms with van der Waals surface area (Å²) in [5, 5.41) is 7.39. The Morgan fingerprint density at radius 2 is 2.17 bits per heavy atom. The fourth-order valence-electron chi connectivity index (χ4n) is 2.60. The Hall–Kier alpha value is -2.32. The van der Waals surface area contributed by atoms with Crippen LogP contribution in [0.1, 0.15) is 38.3 Å². The smallest absolute Gasteiger partial charge is 0.254 e. The third-order valence-electron chi connectivity index (χ3n) is 3.98. The van der Waals surface area contributed by atoms with Crippen molar-refractivity contribution in [1.29, 1.82) is 0 Å². The molecule has 0 aliphatic carbocycles. The zero-order chi connectivity index (χ0) is 17.1. The zero-order valence-electron chi connectivity index (χ0n) is 13.8. The van der Waals surface area contributed by atoms with Crippen LogP contribution in [0.2, 0.25) is 0 Å². The van der Waals surface area contributed by atoms with E-state index < -0.39 is 6.10 Å². The van der Waals surface area contributed by atoms with Gasteiger partial charge in [-0.15, -0.1) is 0 Å². The second-order valence-corrected chi connectivity index (χ2v) is 6.12. The lowest BCUT2D eigenvalue weighted by molar-refractivity contribution is -0.126. The van der Waals surface area contributed by atoms with Gasteiger partial charge in [0.05, 0.1) is 11.8 Å². The molecule has 8 nitrogen and oxygen atoms in total. The highest BCUT2D eigenvalue weighted by Crippen LogP contribution is 2.23. The van der Waals surface area contributed by atoms with Crippen LogP contribution >= 0.6 is 0 Å². The highest BCUT2D eigenvalue weighted by molar-refractivity contribution is 5.93. The number of hydrogen-bond donors (Lipinski definition) is 2. The molecule has 0 radical (unpaired) electrons. The molecule has 1 aliphatic rings. The molecule has 8 heteroatoms. The summed E-state index contributed by atoms with van der Waals surface area (Å²) in [6.07, 6.45) is 4.20. The number of carbonyl (C=O) groups is 1. The van der Waals surface area contributed by atoms with E-state index in [-0.39, 0.29) is 17.9 Å². The van der Waals surface area contributed by atoms with Crippen LogP contribution in [0.4, 0.5) is 5.82 Å². The fraction of sp³-hybridized carbons (Fsp3) is 0.500. The van der Waals surface area contributed by atoms with Crippen LogP contribution < -0.4 is 11.1 Å². The molecule has 3 rings (SSSR count). The van der Waals surface area contributed by atoms with Crippen LogP contribution in [0.25, 0.3) is 5.95 Å². The molecular formula is C16H22N6O2. The van der Waals surface area contributed by atoms with E-state index in [4.69, 9.17) is 10.5 Å². The van der Waals surface area contributed by atoms with Crippen molar-refractivity contribution in [2.24, 2.45) is 5.73 Å². The van der Waals surface area contributed by atoms with Gasteiger partial charge >= 0.3 is 0 Å². The lowest BCUT2D eigenvalue weighted by atomic mass is 10.1. The predicted molar refractivity (Wildman–Crippen MR) is 88.8 cm³/mol. The first-order chi connectivity index (χ1) is 11.6. The van der Waals surface area contributed by atoms with Gasteiger partial charge in [0.15, 0.2) is 0 Å². The van der Waals surface area contributed by atoms with Crippen molar-refractivity contribution in [3.63, 3.8) is 0 Å². The molecule has 0 spiro atoms. The van der Waals surface area contributed by atoms with E-state index in [9.17, 15) is 4.79 Å². The molecule has 0 bridgehead atoms. The Kier molecular flexibility index (Phi) is 4.86. The first-order valence-electron chi connectivity index (χ1n) is 8.12. The lowest BCUT2D eigenvalue weighted by Gasteiger charge is -2.13. The van der Waals surface area contributed by atoms with Crippen molar-refractivity contribution in [2.75, 3.05) is 11.9 Å².